The zero-order valence-corrected chi connectivity index (χ0v) is 11.8. The van der Waals surface area contributed by atoms with Crippen LogP contribution >= 0.6 is 0 Å². The average molecular weight is 296 g/mol. The molecule has 0 heterocycles. The monoisotopic (exact) mass is 296 g/mol. The fourth-order valence-electron chi connectivity index (χ4n) is 1.53. The van der Waals surface area contributed by atoms with Crippen molar-refractivity contribution in [2.45, 2.75) is 18.2 Å². The first-order valence-electron chi connectivity index (χ1n) is 5.96. The standard InChI is InChI=1S/C12H16N4O3S/c1-2-15-12(17)5-6-16-20(18,19)11-4-3-10(14)7-9(11)8-13/h3-4,7,16H,2,5-6,14H2,1H3,(H,15,17). The summed E-state index contributed by atoms with van der Waals surface area (Å²) in [4.78, 5) is 11.1. The van der Waals surface area contributed by atoms with Gasteiger partial charge in [-0.3, -0.25) is 4.79 Å². The van der Waals surface area contributed by atoms with Gasteiger partial charge in [0.15, 0.2) is 0 Å². The number of nitrogens with zero attached hydrogens (tertiary/aromatic N) is 1. The maximum atomic E-state index is 12.0. The van der Waals surface area contributed by atoms with Crippen LogP contribution in [0.4, 0.5) is 5.69 Å². The van der Waals surface area contributed by atoms with Gasteiger partial charge in [-0.05, 0) is 25.1 Å². The summed E-state index contributed by atoms with van der Waals surface area (Å²) < 4.78 is 26.3. The minimum atomic E-state index is -3.84. The van der Waals surface area contributed by atoms with Gasteiger partial charge in [-0.25, -0.2) is 13.1 Å². The van der Waals surface area contributed by atoms with Crippen molar-refractivity contribution < 1.29 is 13.2 Å². The van der Waals surface area contributed by atoms with Crippen LogP contribution in [-0.4, -0.2) is 27.4 Å². The molecule has 0 aliphatic carbocycles. The van der Waals surface area contributed by atoms with Gasteiger partial charge in [0.1, 0.15) is 6.07 Å². The number of carbonyl (C=O) groups is 1. The number of sulfonamides is 1. The lowest BCUT2D eigenvalue weighted by atomic mass is 10.2. The molecule has 7 nitrogen and oxygen atoms in total. The zero-order valence-electron chi connectivity index (χ0n) is 11.0. The second-order valence-electron chi connectivity index (χ2n) is 3.97. The Bertz CT molecular complexity index is 635. The molecule has 0 fully saturated rings. The Morgan fingerprint density at radius 3 is 2.75 bits per heavy atom. The molecule has 4 N–H and O–H groups in total. The molecule has 0 aliphatic rings. The second kappa shape index (κ2) is 6.88. The fraction of sp³-hybridized carbons (Fsp3) is 0.333. The van der Waals surface area contributed by atoms with E-state index in [9.17, 15) is 13.2 Å². The van der Waals surface area contributed by atoms with Gasteiger partial charge in [0, 0.05) is 25.2 Å². The number of anilines is 1. The van der Waals surface area contributed by atoms with E-state index >= 15 is 0 Å². The van der Waals surface area contributed by atoms with E-state index in [2.05, 4.69) is 10.0 Å². The van der Waals surface area contributed by atoms with Crippen molar-refractivity contribution in [1.29, 1.82) is 5.26 Å². The first-order chi connectivity index (χ1) is 9.40. The lowest BCUT2D eigenvalue weighted by molar-refractivity contribution is -0.120. The van der Waals surface area contributed by atoms with Crippen LogP contribution in [0.1, 0.15) is 18.9 Å². The molecule has 1 rings (SSSR count). The predicted octanol–water partition coefficient (Wildman–Crippen LogP) is -0.0550. The maximum Gasteiger partial charge on any atom is 0.241 e. The third-order valence-corrected chi connectivity index (χ3v) is 3.95. The Hall–Kier alpha value is -2.11. The van der Waals surface area contributed by atoms with Crippen molar-refractivity contribution in [3.63, 3.8) is 0 Å². The van der Waals surface area contributed by atoms with E-state index in [1.165, 1.54) is 18.2 Å². The third kappa shape index (κ3) is 4.22. The van der Waals surface area contributed by atoms with Crippen LogP contribution in [0.3, 0.4) is 0 Å². The summed E-state index contributed by atoms with van der Waals surface area (Å²) in [6, 6.07) is 5.74. The lowest BCUT2D eigenvalue weighted by Crippen LogP contribution is -2.31. The topological polar surface area (TPSA) is 125 Å². The Morgan fingerprint density at radius 2 is 2.15 bits per heavy atom. The van der Waals surface area contributed by atoms with Gasteiger partial charge in [0.05, 0.1) is 10.5 Å². The van der Waals surface area contributed by atoms with E-state index in [0.29, 0.717) is 12.2 Å². The summed E-state index contributed by atoms with van der Waals surface area (Å²) in [6.45, 7) is 2.22. The molecular formula is C12H16N4O3S. The van der Waals surface area contributed by atoms with Gasteiger partial charge in [-0.15, -0.1) is 0 Å². The molecule has 0 radical (unpaired) electrons. The molecule has 1 amide bonds. The normalized spacial score (nSPS) is 10.8. The van der Waals surface area contributed by atoms with Crippen LogP contribution in [0.5, 0.6) is 0 Å². The second-order valence-corrected chi connectivity index (χ2v) is 5.70. The molecule has 0 saturated carbocycles. The highest BCUT2D eigenvalue weighted by atomic mass is 32.2. The van der Waals surface area contributed by atoms with Crippen LogP contribution in [0.25, 0.3) is 0 Å². The van der Waals surface area contributed by atoms with Crippen LogP contribution < -0.4 is 15.8 Å². The number of carbonyl (C=O) groups excluding carboxylic acids is 1. The average Bonchev–Trinajstić information content (AvgIpc) is 2.38. The maximum absolute atomic E-state index is 12.0. The van der Waals surface area contributed by atoms with Gasteiger partial charge >= 0.3 is 0 Å². The summed E-state index contributed by atoms with van der Waals surface area (Å²) in [6.07, 6.45) is 0.0317. The Morgan fingerprint density at radius 1 is 1.45 bits per heavy atom. The highest BCUT2D eigenvalue weighted by Crippen LogP contribution is 2.17. The van der Waals surface area contributed by atoms with E-state index in [4.69, 9.17) is 11.0 Å². The molecular weight excluding hydrogens is 280 g/mol. The van der Waals surface area contributed by atoms with Crippen molar-refractivity contribution in [2.75, 3.05) is 18.8 Å². The number of benzene rings is 1. The first-order valence-corrected chi connectivity index (χ1v) is 7.45. The minimum Gasteiger partial charge on any atom is -0.399 e. The van der Waals surface area contributed by atoms with Crippen molar-refractivity contribution >= 4 is 21.6 Å². The highest BCUT2D eigenvalue weighted by molar-refractivity contribution is 7.89. The van der Waals surface area contributed by atoms with Gasteiger partial charge in [-0.1, -0.05) is 0 Å². The summed E-state index contributed by atoms with van der Waals surface area (Å²) in [7, 11) is -3.84. The van der Waals surface area contributed by atoms with Gasteiger partial charge in [0.25, 0.3) is 0 Å². The molecule has 8 heteroatoms. The molecule has 0 saturated heterocycles. The summed E-state index contributed by atoms with van der Waals surface area (Å²) in [5.74, 6) is -0.243. The molecule has 0 spiro atoms. The molecule has 0 aromatic heterocycles. The van der Waals surface area contributed by atoms with Crippen molar-refractivity contribution in [1.82, 2.24) is 10.0 Å². The van der Waals surface area contributed by atoms with Crippen molar-refractivity contribution in [3.05, 3.63) is 23.8 Å². The van der Waals surface area contributed by atoms with E-state index in [1.54, 1.807) is 13.0 Å². The Balaban J connectivity index is 2.80. The first kappa shape index (κ1) is 15.9. The number of hydrogen-bond acceptors (Lipinski definition) is 5. The Kier molecular flexibility index (Phi) is 5.49. The molecule has 0 atom stereocenters. The lowest BCUT2D eigenvalue weighted by Gasteiger charge is -2.08. The molecule has 0 unspecified atom stereocenters. The number of nitrogens with two attached hydrogens (primary N) is 1. The van der Waals surface area contributed by atoms with Crippen molar-refractivity contribution in [2.24, 2.45) is 0 Å². The number of rotatable bonds is 6. The van der Waals surface area contributed by atoms with Gasteiger partial charge < -0.3 is 11.1 Å². The molecule has 0 aliphatic heterocycles. The number of nitrogen functional groups attached to an aromatic ring is 1. The van der Waals surface area contributed by atoms with Crippen LogP contribution in [0.15, 0.2) is 23.1 Å². The fourth-order valence-corrected chi connectivity index (χ4v) is 2.70. The third-order valence-electron chi connectivity index (χ3n) is 2.43. The van der Waals surface area contributed by atoms with Crippen LogP contribution in [-0.2, 0) is 14.8 Å². The molecule has 20 heavy (non-hydrogen) atoms. The smallest absolute Gasteiger partial charge is 0.241 e. The van der Waals surface area contributed by atoms with E-state index in [-0.39, 0.29) is 29.3 Å². The summed E-state index contributed by atoms with van der Waals surface area (Å²) in [5.41, 5.74) is 5.78. The highest BCUT2D eigenvalue weighted by Gasteiger charge is 2.18. The molecule has 1 aromatic carbocycles. The number of nitrogens with one attached hydrogen (secondary N) is 2. The van der Waals surface area contributed by atoms with Gasteiger partial charge in [0.2, 0.25) is 15.9 Å². The van der Waals surface area contributed by atoms with Crippen LogP contribution in [0.2, 0.25) is 0 Å². The SMILES string of the molecule is CCNC(=O)CCNS(=O)(=O)c1ccc(N)cc1C#N. The predicted molar refractivity (Wildman–Crippen MR) is 74.1 cm³/mol. The number of amides is 1. The van der Waals surface area contributed by atoms with E-state index in [1.807, 2.05) is 0 Å². The molecule has 1 aromatic rings. The number of nitriles is 1. The van der Waals surface area contributed by atoms with Crippen LogP contribution in [0, 0.1) is 11.3 Å². The minimum absolute atomic E-state index is 0.0317. The Labute approximate surface area is 117 Å². The molecule has 0 bridgehead atoms. The van der Waals surface area contributed by atoms with Crippen molar-refractivity contribution in [3.8, 4) is 6.07 Å². The summed E-state index contributed by atoms with van der Waals surface area (Å²) >= 11 is 0. The zero-order chi connectivity index (χ0) is 15.2. The van der Waals surface area contributed by atoms with E-state index < -0.39 is 10.0 Å². The summed E-state index contributed by atoms with van der Waals surface area (Å²) in [5, 5.41) is 11.5. The largest absolute Gasteiger partial charge is 0.399 e. The quantitative estimate of drug-likeness (QED) is 0.634. The molecule has 108 valence electrons. The number of hydrogen-bond donors (Lipinski definition) is 3. The van der Waals surface area contributed by atoms with Gasteiger partial charge in [-0.2, -0.15) is 5.26 Å². The van der Waals surface area contributed by atoms with E-state index in [0.717, 1.165) is 0 Å².